The third kappa shape index (κ3) is 4.44. The van der Waals surface area contributed by atoms with Gasteiger partial charge in [0.15, 0.2) is 21.1 Å². The van der Waals surface area contributed by atoms with Crippen LogP contribution in [0.5, 0.6) is 5.75 Å². The van der Waals surface area contributed by atoms with E-state index in [1.54, 1.807) is 12.5 Å². The van der Waals surface area contributed by atoms with Crippen LogP contribution in [0, 0.1) is 5.41 Å². The van der Waals surface area contributed by atoms with E-state index in [0.717, 1.165) is 21.2 Å². The van der Waals surface area contributed by atoms with Crippen LogP contribution in [0.1, 0.15) is 32.4 Å². The summed E-state index contributed by atoms with van der Waals surface area (Å²) in [6.45, 7) is 6.08. The summed E-state index contributed by atoms with van der Waals surface area (Å²) in [6.07, 6.45) is 3.18. The van der Waals surface area contributed by atoms with Gasteiger partial charge in [0.2, 0.25) is 11.6 Å². The van der Waals surface area contributed by atoms with E-state index in [1.165, 1.54) is 19.5 Å². The SMILES string of the molecule is CN(C)S(=O)(=O)c1scc(Nc2n[s+]([O-])nc2N[C@@H](c2ccoc2)C(C)(C)C)c1O. The number of hydrogen-bond donors (Lipinski definition) is 3. The zero-order chi connectivity index (χ0) is 22.3. The number of rotatable bonds is 7. The molecule has 0 aliphatic carbocycles. The Morgan fingerprint density at radius 1 is 1.30 bits per heavy atom. The van der Waals surface area contributed by atoms with Crippen LogP contribution in [0.25, 0.3) is 0 Å². The quantitative estimate of drug-likeness (QED) is 0.437. The summed E-state index contributed by atoms with van der Waals surface area (Å²) < 4.78 is 50.6. The van der Waals surface area contributed by atoms with Gasteiger partial charge in [-0.15, -0.1) is 11.3 Å². The van der Waals surface area contributed by atoms with Crippen LogP contribution in [0.4, 0.5) is 17.3 Å². The normalized spacial score (nSPS) is 14.2. The van der Waals surface area contributed by atoms with Crippen molar-refractivity contribution in [3.8, 4) is 5.75 Å². The minimum absolute atomic E-state index is 0.128. The number of sulfonamides is 1. The number of anilines is 3. The number of thiophene rings is 1. The molecule has 0 radical (unpaired) electrons. The predicted octanol–water partition coefficient (Wildman–Crippen LogP) is 3.76. The highest BCUT2D eigenvalue weighted by Crippen LogP contribution is 2.42. The molecule has 0 aromatic carbocycles. The summed E-state index contributed by atoms with van der Waals surface area (Å²) in [4.78, 5) is 0. The second kappa shape index (κ2) is 8.15. The minimum atomic E-state index is -3.81. The Morgan fingerprint density at radius 2 is 1.97 bits per heavy atom. The Bertz CT molecular complexity index is 1110. The fourth-order valence-corrected chi connectivity index (χ4v) is 5.72. The molecule has 3 aromatic heterocycles. The zero-order valence-corrected chi connectivity index (χ0v) is 19.5. The average molecular weight is 474 g/mol. The van der Waals surface area contributed by atoms with Gasteiger partial charge < -0.3 is 24.7 Å². The van der Waals surface area contributed by atoms with Gasteiger partial charge in [0.1, 0.15) is 0 Å². The fraction of sp³-hybridized carbons (Fsp3) is 0.412. The number of nitrogens with one attached hydrogen (secondary N) is 2. The lowest BCUT2D eigenvalue weighted by molar-refractivity contribution is 0.345. The molecule has 3 N–H and O–H groups in total. The summed E-state index contributed by atoms with van der Waals surface area (Å²) in [6, 6.07) is 1.58. The zero-order valence-electron chi connectivity index (χ0n) is 17.0. The number of hydrogen-bond acceptors (Lipinski definition) is 10. The molecule has 0 fully saturated rings. The van der Waals surface area contributed by atoms with Crippen LogP contribution in [0.2, 0.25) is 0 Å². The smallest absolute Gasteiger partial charge is 0.255 e. The first-order chi connectivity index (χ1) is 13.9. The molecule has 13 heteroatoms. The summed E-state index contributed by atoms with van der Waals surface area (Å²) >= 11 is -0.981. The van der Waals surface area contributed by atoms with Crippen molar-refractivity contribution in [3.63, 3.8) is 0 Å². The lowest BCUT2D eigenvalue weighted by atomic mass is 9.83. The van der Waals surface area contributed by atoms with E-state index in [4.69, 9.17) is 4.42 Å². The lowest BCUT2D eigenvalue weighted by Gasteiger charge is -2.30. The Morgan fingerprint density at radius 3 is 2.53 bits per heavy atom. The average Bonchev–Trinajstić information content (AvgIpc) is 3.34. The molecular formula is C17H23N5O5S3. The second-order valence-electron chi connectivity index (χ2n) is 7.81. The minimum Gasteiger partial charge on any atom is -0.546 e. The molecule has 2 atom stereocenters. The molecule has 0 saturated heterocycles. The van der Waals surface area contributed by atoms with E-state index >= 15 is 0 Å². The number of aromatic nitrogens is 2. The molecule has 0 aliphatic heterocycles. The van der Waals surface area contributed by atoms with Gasteiger partial charge in [-0.3, -0.25) is 0 Å². The topological polar surface area (TPSA) is 144 Å². The van der Waals surface area contributed by atoms with Gasteiger partial charge in [0, 0.05) is 33.8 Å². The van der Waals surface area contributed by atoms with Gasteiger partial charge in [-0.25, -0.2) is 12.7 Å². The first-order valence-electron chi connectivity index (χ1n) is 8.79. The molecule has 0 amide bonds. The van der Waals surface area contributed by atoms with Gasteiger partial charge in [-0.1, -0.05) is 20.8 Å². The van der Waals surface area contributed by atoms with Crippen molar-refractivity contribution in [3.05, 3.63) is 29.5 Å². The van der Waals surface area contributed by atoms with E-state index < -0.39 is 26.9 Å². The van der Waals surface area contributed by atoms with Gasteiger partial charge in [-0.05, 0) is 11.5 Å². The van der Waals surface area contributed by atoms with Crippen LogP contribution in [-0.2, 0) is 10.0 Å². The fourth-order valence-electron chi connectivity index (χ4n) is 2.71. The highest BCUT2D eigenvalue weighted by atomic mass is 32.2. The van der Waals surface area contributed by atoms with Crippen LogP contribution < -0.4 is 10.6 Å². The molecule has 10 nitrogen and oxygen atoms in total. The van der Waals surface area contributed by atoms with Crippen LogP contribution in [0.3, 0.4) is 0 Å². The van der Waals surface area contributed by atoms with Crippen molar-refractivity contribution in [1.29, 1.82) is 0 Å². The molecule has 0 saturated carbocycles. The van der Waals surface area contributed by atoms with E-state index in [0.29, 0.717) is 0 Å². The predicted molar refractivity (Wildman–Crippen MR) is 115 cm³/mol. The molecule has 0 aliphatic rings. The molecular weight excluding hydrogens is 450 g/mol. The van der Waals surface area contributed by atoms with Crippen molar-refractivity contribution in [2.24, 2.45) is 5.41 Å². The van der Waals surface area contributed by atoms with Gasteiger partial charge in [0.25, 0.3) is 10.0 Å². The molecule has 3 rings (SSSR count). The van der Waals surface area contributed by atoms with Crippen molar-refractivity contribution >= 4 is 49.8 Å². The Kier molecular flexibility index (Phi) is 6.11. The first kappa shape index (κ1) is 22.5. The summed E-state index contributed by atoms with van der Waals surface area (Å²) in [5.41, 5.74) is 0.752. The van der Waals surface area contributed by atoms with Crippen LogP contribution >= 0.6 is 22.5 Å². The van der Waals surface area contributed by atoms with Gasteiger partial charge in [-0.2, -0.15) is 0 Å². The Hall–Kier alpha value is -2.19. The van der Waals surface area contributed by atoms with E-state index in [2.05, 4.69) is 19.4 Å². The molecule has 30 heavy (non-hydrogen) atoms. The second-order valence-corrected chi connectivity index (χ2v) is 11.9. The molecule has 0 bridgehead atoms. The maximum atomic E-state index is 12.3. The van der Waals surface area contributed by atoms with E-state index in [1.807, 2.05) is 26.8 Å². The Labute approximate surface area is 181 Å². The number of aromatic hydroxyl groups is 1. The van der Waals surface area contributed by atoms with Crippen LogP contribution in [0.15, 0.2) is 32.6 Å². The maximum Gasteiger partial charge on any atom is 0.255 e. The monoisotopic (exact) mass is 473 g/mol. The van der Waals surface area contributed by atoms with Gasteiger partial charge in [0.05, 0.1) is 24.3 Å². The number of nitrogens with zero attached hydrogens (tertiary/aromatic N) is 3. The van der Waals surface area contributed by atoms with Gasteiger partial charge >= 0.3 is 0 Å². The standard InChI is InChI=1S/C17H23N5O5S3/c1-17(2,3)13(10-6-7-27-8-10)19-15-14(20-29(24)21-15)18-11-9-28-16(12(11)23)30(25,26)22(4)5/h6-9,13,23H,1-5H3,(H,18,20)(H,19,21)/t13-,29?/m0/s1. The third-order valence-electron chi connectivity index (χ3n) is 4.29. The molecule has 0 spiro atoms. The maximum absolute atomic E-state index is 12.3. The van der Waals surface area contributed by atoms with Crippen molar-refractivity contribution < 1.29 is 22.5 Å². The Balaban J connectivity index is 1.93. The number of furan rings is 1. The molecule has 1 unspecified atom stereocenters. The molecule has 164 valence electrons. The highest BCUT2D eigenvalue weighted by Gasteiger charge is 2.31. The third-order valence-corrected chi connectivity index (χ3v) is 8.27. The highest BCUT2D eigenvalue weighted by molar-refractivity contribution is 7.91. The lowest BCUT2D eigenvalue weighted by Crippen LogP contribution is -2.25. The largest absolute Gasteiger partial charge is 0.546 e. The summed E-state index contributed by atoms with van der Waals surface area (Å²) in [7, 11) is -1.05. The first-order valence-corrected chi connectivity index (χ1v) is 12.2. The van der Waals surface area contributed by atoms with Crippen molar-refractivity contribution in [1.82, 2.24) is 13.1 Å². The molecule has 3 heterocycles. The van der Waals surface area contributed by atoms with E-state index in [-0.39, 0.29) is 33.0 Å². The van der Waals surface area contributed by atoms with Crippen molar-refractivity contribution in [2.75, 3.05) is 24.7 Å². The summed E-state index contributed by atoms with van der Waals surface area (Å²) in [5.74, 6) is -0.0688. The summed E-state index contributed by atoms with van der Waals surface area (Å²) in [5, 5.41) is 17.9. The van der Waals surface area contributed by atoms with E-state index in [9.17, 15) is 18.1 Å². The van der Waals surface area contributed by atoms with Crippen LogP contribution in [-0.4, -0.2) is 45.2 Å². The molecule has 3 aromatic rings. The van der Waals surface area contributed by atoms with Crippen molar-refractivity contribution in [2.45, 2.75) is 31.0 Å².